The highest BCUT2D eigenvalue weighted by Gasteiger charge is 2.24. The van der Waals surface area contributed by atoms with Gasteiger partial charge in [0.15, 0.2) is 0 Å². The van der Waals surface area contributed by atoms with Crippen molar-refractivity contribution in [2.24, 2.45) is 0 Å². The van der Waals surface area contributed by atoms with Crippen LogP contribution in [0.25, 0.3) is 10.9 Å². The lowest BCUT2D eigenvalue weighted by molar-refractivity contribution is 0.233. The number of rotatable bonds is 5. The summed E-state index contributed by atoms with van der Waals surface area (Å²) in [5.41, 5.74) is 2.29. The molecule has 1 atom stereocenters. The molecule has 0 saturated carbocycles. The minimum Gasteiger partial charge on any atom is -0.313 e. The predicted octanol–water partition coefficient (Wildman–Crippen LogP) is 3.20. The Balaban J connectivity index is 1.68. The second-order valence-electron chi connectivity index (χ2n) is 6.32. The number of pyridine rings is 1. The van der Waals surface area contributed by atoms with Crippen molar-refractivity contribution in [2.75, 3.05) is 13.1 Å². The van der Waals surface area contributed by atoms with Crippen molar-refractivity contribution in [3.05, 3.63) is 42.1 Å². The molecule has 0 aliphatic carbocycles. The van der Waals surface area contributed by atoms with Crippen LogP contribution in [0.1, 0.15) is 32.4 Å². The van der Waals surface area contributed by atoms with Crippen molar-refractivity contribution in [2.45, 2.75) is 45.3 Å². The molecule has 1 aromatic heterocycles. The first kappa shape index (κ1) is 14.5. The Morgan fingerprint density at radius 2 is 2.10 bits per heavy atom. The molecule has 0 radical (unpaired) electrons. The molecule has 2 heterocycles. The molecular weight excluding hydrogens is 258 g/mol. The summed E-state index contributed by atoms with van der Waals surface area (Å²) < 4.78 is 0. The van der Waals surface area contributed by atoms with Gasteiger partial charge in [-0.25, -0.2) is 0 Å². The first-order chi connectivity index (χ1) is 10.2. The van der Waals surface area contributed by atoms with Gasteiger partial charge in [0.05, 0.1) is 11.2 Å². The summed E-state index contributed by atoms with van der Waals surface area (Å²) in [4.78, 5) is 7.38. The fourth-order valence-electron chi connectivity index (χ4n) is 3.11. The Hall–Kier alpha value is -1.45. The Morgan fingerprint density at radius 1 is 1.24 bits per heavy atom. The smallest absolute Gasteiger partial charge is 0.0705 e. The molecule has 2 aromatic rings. The summed E-state index contributed by atoms with van der Waals surface area (Å²) in [5, 5.41) is 4.79. The molecule has 3 rings (SSSR count). The molecule has 21 heavy (non-hydrogen) atoms. The van der Waals surface area contributed by atoms with Crippen LogP contribution in [0.2, 0.25) is 0 Å². The molecule has 1 saturated heterocycles. The Kier molecular flexibility index (Phi) is 4.51. The van der Waals surface area contributed by atoms with E-state index < -0.39 is 0 Å². The lowest BCUT2D eigenvalue weighted by atomic mass is 10.2. The molecule has 1 aromatic carbocycles. The minimum atomic E-state index is 0.561. The molecule has 0 bridgehead atoms. The van der Waals surface area contributed by atoms with Crippen molar-refractivity contribution in [3.63, 3.8) is 0 Å². The quantitative estimate of drug-likeness (QED) is 0.913. The maximum Gasteiger partial charge on any atom is 0.0705 e. The van der Waals surface area contributed by atoms with Gasteiger partial charge in [0.2, 0.25) is 0 Å². The van der Waals surface area contributed by atoms with E-state index in [1.807, 2.05) is 0 Å². The molecule has 1 fully saturated rings. The molecule has 1 N–H and O–H groups in total. The van der Waals surface area contributed by atoms with E-state index >= 15 is 0 Å². The molecule has 3 nitrogen and oxygen atoms in total. The zero-order valence-corrected chi connectivity index (χ0v) is 13.0. The lowest BCUT2D eigenvalue weighted by Crippen LogP contribution is -2.39. The summed E-state index contributed by atoms with van der Waals surface area (Å²) in [6, 6.07) is 13.9. The molecule has 0 spiro atoms. The average molecular weight is 283 g/mol. The highest BCUT2D eigenvalue weighted by Crippen LogP contribution is 2.20. The summed E-state index contributed by atoms with van der Waals surface area (Å²) in [6.45, 7) is 7.67. The molecule has 1 aliphatic heterocycles. The van der Waals surface area contributed by atoms with Crippen LogP contribution in [-0.2, 0) is 6.54 Å². The number of hydrogen-bond donors (Lipinski definition) is 1. The van der Waals surface area contributed by atoms with Crippen LogP contribution < -0.4 is 5.32 Å². The van der Waals surface area contributed by atoms with E-state index in [0.717, 1.165) is 18.6 Å². The van der Waals surface area contributed by atoms with Gasteiger partial charge in [0.1, 0.15) is 0 Å². The van der Waals surface area contributed by atoms with Gasteiger partial charge < -0.3 is 5.32 Å². The molecule has 1 aliphatic rings. The maximum atomic E-state index is 4.81. The number of likely N-dealkylation sites (tertiary alicyclic amines) is 1. The van der Waals surface area contributed by atoms with E-state index in [-0.39, 0.29) is 0 Å². The van der Waals surface area contributed by atoms with Gasteiger partial charge in [-0.3, -0.25) is 9.88 Å². The van der Waals surface area contributed by atoms with Gasteiger partial charge in [0.25, 0.3) is 0 Å². The average Bonchev–Trinajstić information content (AvgIpc) is 2.92. The second kappa shape index (κ2) is 6.54. The first-order valence-electron chi connectivity index (χ1n) is 8.04. The first-order valence-corrected chi connectivity index (χ1v) is 8.04. The summed E-state index contributed by atoms with van der Waals surface area (Å²) >= 11 is 0. The molecule has 3 heteroatoms. The van der Waals surface area contributed by atoms with E-state index in [0.29, 0.717) is 12.1 Å². The van der Waals surface area contributed by atoms with Crippen LogP contribution in [0.3, 0.4) is 0 Å². The summed E-state index contributed by atoms with van der Waals surface area (Å²) in [5.74, 6) is 0. The molecule has 1 unspecified atom stereocenters. The predicted molar refractivity (Wildman–Crippen MR) is 88.3 cm³/mol. The van der Waals surface area contributed by atoms with Gasteiger partial charge in [-0.2, -0.15) is 0 Å². The van der Waals surface area contributed by atoms with Crippen LogP contribution >= 0.6 is 0 Å². The lowest BCUT2D eigenvalue weighted by Gasteiger charge is -2.25. The van der Waals surface area contributed by atoms with Crippen LogP contribution in [0.5, 0.6) is 0 Å². The van der Waals surface area contributed by atoms with Crippen molar-refractivity contribution in [3.8, 4) is 0 Å². The van der Waals surface area contributed by atoms with E-state index in [2.05, 4.69) is 60.5 Å². The number of para-hydroxylation sites is 1. The van der Waals surface area contributed by atoms with Gasteiger partial charge in [-0.15, -0.1) is 0 Å². The number of hydrogen-bond acceptors (Lipinski definition) is 3. The van der Waals surface area contributed by atoms with Crippen molar-refractivity contribution in [1.29, 1.82) is 0 Å². The van der Waals surface area contributed by atoms with Crippen LogP contribution in [0, 0.1) is 0 Å². The monoisotopic (exact) mass is 283 g/mol. The van der Waals surface area contributed by atoms with E-state index in [1.165, 1.54) is 30.5 Å². The Morgan fingerprint density at radius 3 is 2.95 bits per heavy atom. The van der Waals surface area contributed by atoms with Gasteiger partial charge in [-0.05, 0) is 31.5 Å². The van der Waals surface area contributed by atoms with Gasteiger partial charge >= 0.3 is 0 Å². The fourth-order valence-corrected chi connectivity index (χ4v) is 3.11. The second-order valence-corrected chi connectivity index (χ2v) is 6.32. The zero-order chi connectivity index (χ0) is 14.7. The SMILES string of the molecule is CC(C)NCC1CCCN1Cc1ccc2ccccc2n1. The van der Waals surface area contributed by atoms with Crippen molar-refractivity contribution < 1.29 is 0 Å². The van der Waals surface area contributed by atoms with Crippen molar-refractivity contribution in [1.82, 2.24) is 15.2 Å². The van der Waals surface area contributed by atoms with Gasteiger partial charge in [-0.1, -0.05) is 38.1 Å². The highest BCUT2D eigenvalue weighted by atomic mass is 15.2. The van der Waals surface area contributed by atoms with E-state index in [4.69, 9.17) is 4.98 Å². The third-order valence-corrected chi connectivity index (χ3v) is 4.28. The number of nitrogens with zero attached hydrogens (tertiary/aromatic N) is 2. The highest BCUT2D eigenvalue weighted by molar-refractivity contribution is 5.78. The zero-order valence-electron chi connectivity index (χ0n) is 13.0. The maximum absolute atomic E-state index is 4.81. The third-order valence-electron chi connectivity index (χ3n) is 4.28. The van der Waals surface area contributed by atoms with E-state index in [9.17, 15) is 0 Å². The molecular formula is C18H25N3. The third kappa shape index (κ3) is 3.60. The number of benzene rings is 1. The van der Waals surface area contributed by atoms with E-state index in [1.54, 1.807) is 0 Å². The largest absolute Gasteiger partial charge is 0.313 e. The minimum absolute atomic E-state index is 0.561. The Labute approximate surface area is 127 Å². The Bertz CT molecular complexity index is 594. The van der Waals surface area contributed by atoms with Crippen LogP contribution in [0.4, 0.5) is 0 Å². The summed E-state index contributed by atoms with van der Waals surface area (Å²) in [7, 11) is 0. The van der Waals surface area contributed by atoms with Crippen LogP contribution in [0.15, 0.2) is 36.4 Å². The van der Waals surface area contributed by atoms with Gasteiger partial charge in [0, 0.05) is 30.6 Å². The number of aromatic nitrogens is 1. The summed E-state index contributed by atoms with van der Waals surface area (Å²) in [6.07, 6.45) is 2.60. The topological polar surface area (TPSA) is 28.2 Å². The molecule has 112 valence electrons. The number of nitrogens with one attached hydrogen (secondary N) is 1. The molecule has 0 amide bonds. The van der Waals surface area contributed by atoms with Crippen LogP contribution in [-0.4, -0.2) is 35.1 Å². The van der Waals surface area contributed by atoms with Crippen molar-refractivity contribution >= 4 is 10.9 Å². The standard InChI is InChI=1S/C18H25N3/c1-14(2)19-12-17-7-5-11-21(17)13-16-10-9-15-6-3-4-8-18(15)20-16/h3-4,6,8-10,14,17,19H,5,7,11-13H2,1-2H3. The normalized spacial score (nSPS) is 19.7. The number of fused-ring (bicyclic) bond motifs is 1. The fraction of sp³-hybridized carbons (Fsp3) is 0.500.